The molecule has 2 atom stereocenters. The van der Waals surface area contributed by atoms with E-state index >= 15 is 0 Å². The molecule has 0 radical (unpaired) electrons. The second kappa shape index (κ2) is 7.72. The van der Waals surface area contributed by atoms with Gasteiger partial charge in [0.2, 0.25) is 0 Å². The summed E-state index contributed by atoms with van der Waals surface area (Å²) in [6, 6.07) is 1.09. The van der Waals surface area contributed by atoms with Crippen LogP contribution in [-0.2, 0) is 10.9 Å². The number of amides is 1. The quantitative estimate of drug-likeness (QED) is 0.810. The van der Waals surface area contributed by atoms with Crippen LogP contribution in [0.2, 0.25) is 0 Å². The Morgan fingerprint density at radius 3 is 2.59 bits per heavy atom. The summed E-state index contributed by atoms with van der Waals surface area (Å²) in [7, 11) is 1.19. The van der Waals surface area contributed by atoms with E-state index in [2.05, 4.69) is 15.5 Å². The van der Waals surface area contributed by atoms with Crippen molar-refractivity contribution in [1.29, 1.82) is 0 Å². The van der Waals surface area contributed by atoms with E-state index < -0.39 is 23.4 Å². The van der Waals surface area contributed by atoms with E-state index in [1.54, 1.807) is 20.8 Å². The SMILES string of the molecule is COc1cc2nnc([C@H]3CCC[C@@H](NC(=O)OC(C)(C)C)C3)n2cc1C(F)(F)F. The number of alkyl halides is 3. The van der Waals surface area contributed by atoms with Crippen molar-refractivity contribution in [3.05, 3.63) is 23.7 Å². The Bertz CT molecular complexity index is 889. The first-order valence-electron chi connectivity index (χ1n) is 9.47. The van der Waals surface area contributed by atoms with E-state index in [9.17, 15) is 18.0 Å². The maximum absolute atomic E-state index is 13.4. The lowest BCUT2D eigenvalue weighted by atomic mass is 9.85. The molecule has 2 heterocycles. The highest BCUT2D eigenvalue weighted by Crippen LogP contribution is 2.38. The fourth-order valence-electron chi connectivity index (χ4n) is 3.62. The summed E-state index contributed by atoms with van der Waals surface area (Å²) in [4.78, 5) is 12.1. The van der Waals surface area contributed by atoms with Crippen molar-refractivity contribution in [1.82, 2.24) is 19.9 Å². The van der Waals surface area contributed by atoms with Crippen molar-refractivity contribution in [3.63, 3.8) is 0 Å². The normalized spacial score (nSPS) is 20.5. The number of hydrogen-bond acceptors (Lipinski definition) is 5. The summed E-state index contributed by atoms with van der Waals surface area (Å²) in [5, 5.41) is 11.0. The zero-order valence-corrected chi connectivity index (χ0v) is 16.8. The van der Waals surface area contributed by atoms with E-state index in [4.69, 9.17) is 9.47 Å². The van der Waals surface area contributed by atoms with Crippen LogP contribution in [0.4, 0.5) is 18.0 Å². The van der Waals surface area contributed by atoms with Crippen LogP contribution in [0.3, 0.4) is 0 Å². The number of pyridine rings is 1. The van der Waals surface area contributed by atoms with Gasteiger partial charge >= 0.3 is 12.3 Å². The molecule has 0 unspecified atom stereocenters. The highest BCUT2D eigenvalue weighted by Gasteiger charge is 2.36. The number of ether oxygens (including phenoxy) is 2. The molecule has 1 aliphatic carbocycles. The molecule has 0 spiro atoms. The van der Waals surface area contributed by atoms with Gasteiger partial charge in [-0.1, -0.05) is 6.42 Å². The van der Waals surface area contributed by atoms with Crippen molar-refractivity contribution in [3.8, 4) is 5.75 Å². The Balaban J connectivity index is 1.83. The summed E-state index contributed by atoms with van der Waals surface area (Å²) < 4.78 is 51.7. The lowest BCUT2D eigenvalue weighted by Gasteiger charge is -2.30. The molecule has 10 heteroatoms. The van der Waals surface area contributed by atoms with E-state index in [-0.39, 0.29) is 23.4 Å². The van der Waals surface area contributed by atoms with Gasteiger partial charge in [-0.15, -0.1) is 10.2 Å². The summed E-state index contributed by atoms with van der Waals surface area (Å²) in [6.45, 7) is 5.35. The highest BCUT2D eigenvalue weighted by molar-refractivity contribution is 5.68. The fraction of sp³-hybridized carbons (Fsp3) is 0.632. The fourth-order valence-corrected chi connectivity index (χ4v) is 3.62. The standard InChI is InChI=1S/C19H25F3N4O3/c1-18(2,3)29-17(27)23-12-7-5-6-11(8-12)16-25-24-15-9-14(28-4)13(10-26(15)16)19(20,21)22/h9-12H,5-8H2,1-4H3,(H,23,27)/t11-,12+/m0/s1. The van der Waals surface area contributed by atoms with Crippen LogP contribution in [0, 0.1) is 0 Å². The predicted molar refractivity (Wildman–Crippen MR) is 98.9 cm³/mol. The minimum absolute atomic E-state index is 0.131. The third-order valence-corrected chi connectivity index (χ3v) is 4.82. The molecule has 7 nitrogen and oxygen atoms in total. The van der Waals surface area contributed by atoms with Crippen LogP contribution in [0.5, 0.6) is 5.75 Å². The van der Waals surface area contributed by atoms with Crippen LogP contribution in [0.1, 0.15) is 63.8 Å². The Morgan fingerprint density at radius 2 is 1.97 bits per heavy atom. The average Bonchev–Trinajstić information content (AvgIpc) is 3.01. The Morgan fingerprint density at radius 1 is 1.24 bits per heavy atom. The number of methoxy groups -OCH3 is 1. The molecule has 160 valence electrons. The molecule has 3 rings (SSSR count). The zero-order valence-electron chi connectivity index (χ0n) is 16.8. The summed E-state index contributed by atoms with van der Waals surface area (Å²) >= 11 is 0. The molecule has 1 amide bonds. The monoisotopic (exact) mass is 414 g/mol. The number of nitrogens with zero attached hydrogens (tertiary/aromatic N) is 3. The Kier molecular flexibility index (Phi) is 5.64. The molecular weight excluding hydrogens is 389 g/mol. The van der Waals surface area contributed by atoms with Gasteiger partial charge in [-0.3, -0.25) is 4.40 Å². The van der Waals surface area contributed by atoms with Crippen LogP contribution in [0.25, 0.3) is 5.65 Å². The van der Waals surface area contributed by atoms with E-state index in [1.807, 2.05) is 0 Å². The maximum atomic E-state index is 13.4. The van der Waals surface area contributed by atoms with Crippen LogP contribution < -0.4 is 10.1 Å². The van der Waals surface area contributed by atoms with Gasteiger partial charge in [0.15, 0.2) is 5.65 Å². The number of carbonyl (C=O) groups excluding carboxylic acids is 1. The molecule has 1 aliphatic rings. The number of nitrogens with one attached hydrogen (secondary N) is 1. The van der Waals surface area contributed by atoms with Crippen molar-refractivity contribution in [2.75, 3.05) is 7.11 Å². The molecular formula is C19H25F3N4O3. The number of alkyl carbamates (subject to hydrolysis) is 1. The number of aromatic nitrogens is 3. The van der Waals surface area contributed by atoms with Gasteiger partial charge in [0, 0.05) is 24.2 Å². The molecule has 0 aromatic carbocycles. The van der Waals surface area contributed by atoms with Gasteiger partial charge in [0.1, 0.15) is 22.7 Å². The lowest BCUT2D eigenvalue weighted by Crippen LogP contribution is -2.41. The van der Waals surface area contributed by atoms with Crippen LogP contribution in [0.15, 0.2) is 12.3 Å². The molecule has 1 fully saturated rings. The van der Waals surface area contributed by atoms with Crippen molar-refractivity contribution < 1.29 is 27.4 Å². The first kappa shape index (κ1) is 21.2. The largest absolute Gasteiger partial charge is 0.496 e. The van der Waals surface area contributed by atoms with Gasteiger partial charge in [0.25, 0.3) is 0 Å². The molecule has 29 heavy (non-hydrogen) atoms. The van der Waals surface area contributed by atoms with Gasteiger partial charge in [-0.25, -0.2) is 4.79 Å². The van der Waals surface area contributed by atoms with E-state index in [0.717, 1.165) is 25.5 Å². The van der Waals surface area contributed by atoms with Crippen molar-refractivity contribution >= 4 is 11.7 Å². The zero-order chi connectivity index (χ0) is 21.4. The number of rotatable bonds is 3. The van der Waals surface area contributed by atoms with E-state index in [0.29, 0.717) is 12.2 Å². The van der Waals surface area contributed by atoms with Gasteiger partial charge in [0.05, 0.1) is 7.11 Å². The maximum Gasteiger partial charge on any atom is 0.421 e. The van der Waals surface area contributed by atoms with E-state index in [1.165, 1.54) is 17.6 Å². The minimum Gasteiger partial charge on any atom is -0.496 e. The smallest absolute Gasteiger partial charge is 0.421 e. The molecule has 0 bridgehead atoms. The molecule has 0 aliphatic heterocycles. The number of hydrogen-bond donors (Lipinski definition) is 1. The highest BCUT2D eigenvalue weighted by atomic mass is 19.4. The number of carbonyl (C=O) groups is 1. The second-order valence-electron chi connectivity index (χ2n) is 8.25. The first-order chi connectivity index (χ1) is 13.5. The third kappa shape index (κ3) is 4.91. The van der Waals surface area contributed by atoms with Crippen molar-refractivity contribution in [2.24, 2.45) is 0 Å². The van der Waals surface area contributed by atoms with Gasteiger partial charge in [-0.05, 0) is 40.0 Å². The molecule has 0 saturated heterocycles. The third-order valence-electron chi connectivity index (χ3n) is 4.82. The Hall–Kier alpha value is -2.52. The molecule has 2 aromatic heterocycles. The number of fused-ring (bicyclic) bond motifs is 1. The second-order valence-corrected chi connectivity index (χ2v) is 8.25. The summed E-state index contributed by atoms with van der Waals surface area (Å²) in [5.41, 5.74) is -1.20. The molecule has 1 saturated carbocycles. The Labute approximate surface area is 166 Å². The van der Waals surface area contributed by atoms with Gasteiger partial charge < -0.3 is 14.8 Å². The number of halogens is 3. The van der Waals surface area contributed by atoms with Crippen molar-refractivity contribution in [2.45, 2.75) is 70.2 Å². The van der Waals surface area contributed by atoms with Crippen LogP contribution >= 0.6 is 0 Å². The predicted octanol–water partition coefficient (Wildman–Crippen LogP) is 4.31. The topological polar surface area (TPSA) is 77.8 Å². The summed E-state index contributed by atoms with van der Waals surface area (Å²) in [5.74, 6) is 0.0223. The minimum atomic E-state index is -4.56. The molecule has 2 aromatic rings. The summed E-state index contributed by atoms with van der Waals surface area (Å²) in [6.07, 6.45) is -1.20. The average molecular weight is 414 g/mol. The van der Waals surface area contributed by atoms with Crippen LogP contribution in [-0.4, -0.2) is 39.4 Å². The first-order valence-corrected chi connectivity index (χ1v) is 9.47. The molecule has 1 N–H and O–H groups in total. The lowest BCUT2D eigenvalue weighted by molar-refractivity contribution is -0.139. The van der Waals surface area contributed by atoms with Gasteiger partial charge in [-0.2, -0.15) is 13.2 Å².